The van der Waals surface area contributed by atoms with Gasteiger partial charge in [-0.05, 0) is 48.9 Å². The minimum absolute atomic E-state index is 0.165. The van der Waals surface area contributed by atoms with E-state index in [0.29, 0.717) is 29.6 Å². The van der Waals surface area contributed by atoms with Crippen LogP contribution >= 0.6 is 15.9 Å². The SMILES string of the molecule is C[C@@]1(O)[C@H]2[C@H]3C[C@H]4[C@H]5[C@@H]3[C@H]1[C@](O)([C@H]42)[C@H]5Br. The van der Waals surface area contributed by atoms with Crippen molar-refractivity contribution in [2.45, 2.75) is 29.4 Å². The van der Waals surface area contributed by atoms with E-state index in [-0.39, 0.29) is 10.7 Å². The third-order valence-corrected chi connectivity index (χ3v) is 8.13. The predicted molar refractivity (Wildman–Crippen MR) is 57.3 cm³/mol. The average molecular weight is 271 g/mol. The van der Waals surface area contributed by atoms with Crippen molar-refractivity contribution in [2.24, 2.45) is 41.4 Å². The Balaban J connectivity index is 1.88. The zero-order valence-corrected chi connectivity index (χ0v) is 10.2. The lowest BCUT2D eigenvalue weighted by Gasteiger charge is -2.38. The van der Waals surface area contributed by atoms with Crippen LogP contribution in [-0.2, 0) is 0 Å². The second-order valence-corrected chi connectivity index (χ2v) is 7.75. The molecule has 6 rings (SSSR count). The summed E-state index contributed by atoms with van der Waals surface area (Å²) in [6.07, 6.45) is 1.28. The van der Waals surface area contributed by atoms with Crippen molar-refractivity contribution in [3.8, 4) is 0 Å². The second kappa shape index (κ2) is 1.85. The molecule has 6 aliphatic carbocycles. The van der Waals surface area contributed by atoms with Crippen LogP contribution in [0, 0.1) is 41.4 Å². The van der Waals surface area contributed by atoms with Crippen LogP contribution in [0.15, 0.2) is 0 Å². The number of hydrogen-bond acceptors (Lipinski definition) is 2. The van der Waals surface area contributed by atoms with E-state index in [1.54, 1.807) is 0 Å². The molecule has 6 bridgehead atoms. The summed E-state index contributed by atoms with van der Waals surface area (Å²) in [5, 5.41) is 21.6. The largest absolute Gasteiger partial charge is 0.389 e. The lowest BCUT2D eigenvalue weighted by atomic mass is 9.69. The Morgan fingerprint density at radius 1 is 1.13 bits per heavy atom. The zero-order valence-electron chi connectivity index (χ0n) is 8.60. The molecule has 2 nitrogen and oxygen atoms in total. The van der Waals surface area contributed by atoms with Crippen LogP contribution in [0.2, 0.25) is 0 Å². The Morgan fingerprint density at radius 3 is 2.47 bits per heavy atom. The molecule has 0 aromatic heterocycles. The normalized spacial score (nSPS) is 85.6. The Hall–Kier alpha value is 0.400. The molecule has 15 heavy (non-hydrogen) atoms. The lowest BCUT2D eigenvalue weighted by molar-refractivity contribution is -0.0700. The number of hydrogen-bond donors (Lipinski definition) is 2. The molecule has 0 unspecified atom stereocenters. The van der Waals surface area contributed by atoms with E-state index in [2.05, 4.69) is 15.9 Å². The standard InChI is InChI=1S/C12H15BrO2/c1-11(14)7-3-2-4-6-5(3)9(11)12(15,8(4)7)10(6)13/h3-10,14-15H,2H2,1H3/t3-,4-,5+,6-,7-,8+,9+,10-,11+,12+/m0/s1. The molecule has 0 spiro atoms. The molecule has 0 aromatic carbocycles. The van der Waals surface area contributed by atoms with Crippen molar-refractivity contribution < 1.29 is 10.2 Å². The van der Waals surface area contributed by atoms with E-state index in [9.17, 15) is 10.2 Å². The fraction of sp³-hybridized carbons (Fsp3) is 1.00. The van der Waals surface area contributed by atoms with Gasteiger partial charge in [-0.25, -0.2) is 0 Å². The quantitative estimate of drug-likeness (QED) is 0.645. The molecule has 0 radical (unpaired) electrons. The summed E-state index contributed by atoms with van der Waals surface area (Å²) in [6.45, 7) is 1.98. The first kappa shape index (κ1) is 8.48. The van der Waals surface area contributed by atoms with Crippen molar-refractivity contribution in [2.75, 3.05) is 0 Å². The maximum absolute atomic E-state index is 10.9. The van der Waals surface area contributed by atoms with E-state index < -0.39 is 11.2 Å². The van der Waals surface area contributed by atoms with Gasteiger partial charge in [0.25, 0.3) is 0 Å². The number of aliphatic hydroxyl groups is 2. The first-order chi connectivity index (χ1) is 7.00. The molecule has 2 N–H and O–H groups in total. The summed E-state index contributed by atoms with van der Waals surface area (Å²) in [4.78, 5) is 0.263. The molecule has 6 aliphatic rings. The van der Waals surface area contributed by atoms with Crippen LogP contribution in [0.1, 0.15) is 13.3 Å². The van der Waals surface area contributed by atoms with Crippen LogP contribution in [0.25, 0.3) is 0 Å². The molecule has 6 fully saturated rings. The maximum atomic E-state index is 10.9. The zero-order chi connectivity index (χ0) is 10.3. The fourth-order valence-corrected chi connectivity index (χ4v) is 8.39. The Kier molecular flexibility index (Phi) is 1.05. The Labute approximate surface area is 97.2 Å². The monoisotopic (exact) mass is 270 g/mol. The maximum Gasteiger partial charge on any atom is 0.0867 e. The summed E-state index contributed by atoms with van der Waals surface area (Å²) in [5.74, 6) is 3.70. The average Bonchev–Trinajstić information content (AvgIpc) is 2.81. The van der Waals surface area contributed by atoms with Gasteiger partial charge in [0.05, 0.1) is 11.2 Å². The van der Waals surface area contributed by atoms with E-state index in [1.807, 2.05) is 6.92 Å². The molecule has 0 amide bonds. The van der Waals surface area contributed by atoms with Crippen molar-refractivity contribution in [3.05, 3.63) is 0 Å². The van der Waals surface area contributed by atoms with Gasteiger partial charge in [-0.3, -0.25) is 0 Å². The van der Waals surface area contributed by atoms with Gasteiger partial charge in [0.15, 0.2) is 0 Å². The molecule has 0 aliphatic heterocycles. The van der Waals surface area contributed by atoms with Gasteiger partial charge < -0.3 is 10.2 Å². The highest BCUT2D eigenvalue weighted by Gasteiger charge is 2.91. The third-order valence-electron chi connectivity index (χ3n) is 6.79. The molecule has 0 heterocycles. The first-order valence-corrected chi connectivity index (χ1v) is 7.01. The molecule has 3 heteroatoms. The predicted octanol–water partition coefficient (Wildman–Crippen LogP) is 1.00. The van der Waals surface area contributed by atoms with Crippen molar-refractivity contribution in [1.82, 2.24) is 0 Å². The molecule has 82 valence electrons. The van der Waals surface area contributed by atoms with Crippen molar-refractivity contribution >= 4 is 15.9 Å². The Morgan fingerprint density at radius 2 is 1.80 bits per heavy atom. The molecule has 10 atom stereocenters. The molecule has 6 saturated carbocycles. The fourth-order valence-electron chi connectivity index (χ4n) is 7.06. The van der Waals surface area contributed by atoms with E-state index in [4.69, 9.17) is 0 Å². The highest BCUT2D eigenvalue weighted by molar-refractivity contribution is 9.09. The van der Waals surface area contributed by atoms with E-state index in [0.717, 1.165) is 5.92 Å². The summed E-state index contributed by atoms with van der Waals surface area (Å²) in [5.41, 5.74) is -1.15. The molecule has 0 aromatic rings. The number of alkyl halides is 1. The van der Waals surface area contributed by atoms with Gasteiger partial charge in [0.1, 0.15) is 0 Å². The summed E-state index contributed by atoms with van der Waals surface area (Å²) < 4.78 is 0. The highest BCUT2D eigenvalue weighted by Crippen LogP contribution is 2.87. The molecular weight excluding hydrogens is 256 g/mol. The first-order valence-electron chi connectivity index (χ1n) is 6.09. The van der Waals surface area contributed by atoms with Gasteiger partial charge in [-0.1, -0.05) is 15.9 Å². The van der Waals surface area contributed by atoms with Gasteiger partial charge in [0.2, 0.25) is 0 Å². The van der Waals surface area contributed by atoms with Crippen molar-refractivity contribution in [3.63, 3.8) is 0 Å². The number of rotatable bonds is 0. The summed E-state index contributed by atoms with van der Waals surface area (Å²) >= 11 is 3.73. The van der Waals surface area contributed by atoms with Crippen LogP contribution in [-0.4, -0.2) is 26.2 Å². The molecular formula is C12H15BrO2. The van der Waals surface area contributed by atoms with Gasteiger partial charge in [-0.2, -0.15) is 0 Å². The summed E-state index contributed by atoms with van der Waals surface area (Å²) in [7, 11) is 0. The van der Waals surface area contributed by atoms with Gasteiger partial charge in [0, 0.05) is 10.7 Å². The van der Waals surface area contributed by atoms with Crippen LogP contribution in [0.5, 0.6) is 0 Å². The minimum Gasteiger partial charge on any atom is -0.389 e. The van der Waals surface area contributed by atoms with E-state index >= 15 is 0 Å². The van der Waals surface area contributed by atoms with Crippen LogP contribution in [0.3, 0.4) is 0 Å². The van der Waals surface area contributed by atoms with E-state index in [1.165, 1.54) is 6.42 Å². The third kappa shape index (κ3) is 0.502. The van der Waals surface area contributed by atoms with Gasteiger partial charge in [-0.15, -0.1) is 0 Å². The number of halogens is 1. The van der Waals surface area contributed by atoms with Crippen LogP contribution in [0.4, 0.5) is 0 Å². The second-order valence-electron chi connectivity index (χ2n) is 6.76. The van der Waals surface area contributed by atoms with Crippen molar-refractivity contribution in [1.29, 1.82) is 0 Å². The van der Waals surface area contributed by atoms with Crippen LogP contribution < -0.4 is 0 Å². The topological polar surface area (TPSA) is 40.5 Å². The molecule has 0 saturated heterocycles. The minimum atomic E-state index is -0.583. The Bertz CT molecular complexity index is 393. The highest BCUT2D eigenvalue weighted by atomic mass is 79.9. The smallest absolute Gasteiger partial charge is 0.0867 e. The summed E-state index contributed by atoms with van der Waals surface area (Å²) in [6, 6.07) is 0. The van der Waals surface area contributed by atoms with Gasteiger partial charge >= 0.3 is 0 Å². The lowest BCUT2D eigenvalue weighted by Crippen LogP contribution is -2.47.